The van der Waals surface area contributed by atoms with Crippen LogP contribution in [0.1, 0.15) is 13.8 Å². The van der Waals surface area contributed by atoms with Crippen molar-refractivity contribution in [2.75, 3.05) is 10.6 Å². The molecule has 0 heterocycles. The monoisotopic (exact) mass is 484 g/mol. The first-order valence-corrected chi connectivity index (χ1v) is 9.84. The van der Waals surface area contributed by atoms with Crippen molar-refractivity contribution < 1.29 is 9.59 Å². The quantitative estimate of drug-likeness (QED) is 0.323. The molecule has 2 aromatic rings. The van der Waals surface area contributed by atoms with Gasteiger partial charge in [-0.2, -0.15) is 10.2 Å². The lowest BCUT2D eigenvalue weighted by atomic mass is 10.2. The molecule has 0 unspecified atom stereocenters. The number of rotatable bonds is 6. The van der Waals surface area contributed by atoms with Gasteiger partial charge in [-0.15, -0.1) is 0 Å². The fourth-order valence-electron chi connectivity index (χ4n) is 2.03. The molecule has 6 nitrogen and oxygen atoms in total. The second kappa shape index (κ2) is 10.1. The van der Waals surface area contributed by atoms with Crippen molar-refractivity contribution in [3.8, 4) is 0 Å². The molecule has 156 valence electrons. The Kier molecular flexibility index (Phi) is 8.03. The molecule has 30 heavy (non-hydrogen) atoms. The smallest absolute Gasteiger partial charge is 0.250 e. The fourth-order valence-corrected chi connectivity index (χ4v) is 3.17. The van der Waals surface area contributed by atoms with Crippen LogP contribution in [0.4, 0.5) is 22.7 Å². The van der Waals surface area contributed by atoms with Crippen LogP contribution < -0.4 is 10.6 Å². The number of halogens is 4. The molecule has 0 atom stereocenters. The van der Waals surface area contributed by atoms with Crippen molar-refractivity contribution in [1.29, 1.82) is 0 Å². The lowest BCUT2D eigenvalue weighted by Gasteiger charge is -2.10. The number of anilines is 2. The minimum Gasteiger partial charge on any atom is -0.320 e. The van der Waals surface area contributed by atoms with Crippen molar-refractivity contribution in [2.45, 2.75) is 13.8 Å². The van der Waals surface area contributed by atoms with Gasteiger partial charge in [0.15, 0.2) is 0 Å². The Morgan fingerprint density at radius 1 is 0.700 bits per heavy atom. The molecule has 2 aromatic carbocycles. The molecule has 0 fully saturated rings. The maximum Gasteiger partial charge on any atom is 0.250 e. The Hall–Kier alpha value is -2.38. The summed E-state index contributed by atoms with van der Waals surface area (Å²) in [6.07, 6.45) is 0. The van der Waals surface area contributed by atoms with Gasteiger partial charge in [0.25, 0.3) is 11.8 Å². The summed E-state index contributed by atoms with van der Waals surface area (Å²) in [7, 11) is 0. The van der Waals surface area contributed by atoms with E-state index in [1.807, 2.05) is 0 Å². The molecular formula is C20H16Cl4N4O2. The van der Waals surface area contributed by atoms with E-state index in [0.29, 0.717) is 22.5 Å². The Morgan fingerprint density at radius 2 is 0.967 bits per heavy atom. The molecule has 0 spiro atoms. The number of carbonyl (C=O) groups excluding carboxylic acids is 2. The molecule has 2 rings (SSSR count). The minimum atomic E-state index is -0.406. The summed E-state index contributed by atoms with van der Waals surface area (Å²) in [6, 6.07) is 5.93. The summed E-state index contributed by atoms with van der Waals surface area (Å²) in [5.41, 5.74) is 1.78. The number of amides is 2. The van der Waals surface area contributed by atoms with Crippen LogP contribution in [-0.2, 0) is 9.59 Å². The van der Waals surface area contributed by atoms with Crippen LogP contribution in [0.5, 0.6) is 0 Å². The van der Waals surface area contributed by atoms with Gasteiger partial charge in [-0.25, -0.2) is 0 Å². The summed E-state index contributed by atoms with van der Waals surface area (Å²) in [4.78, 5) is 23.6. The fraction of sp³-hybridized carbons (Fsp3) is 0.100. The van der Waals surface area contributed by atoms with Crippen molar-refractivity contribution in [1.82, 2.24) is 0 Å². The zero-order valence-corrected chi connectivity index (χ0v) is 19.0. The SMILES string of the molecule is C=C(C)C(=O)Nc1c(Cl)cc(N=Nc2cc(Cl)c(NC(=O)C(=C)C)c(Cl)c2)cc1Cl. The summed E-state index contributed by atoms with van der Waals surface area (Å²) < 4.78 is 0. The summed E-state index contributed by atoms with van der Waals surface area (Å²) in [5.74, 6) is -0.812. The number of nitrogens with zero attached hydrogens (tertiary/aromatic N) is 2. The standard InChI is InChI=1S/C20H16Cl4N4O2/c1-9(2)19(29)25-17-13(21)5-11(6-14(17)22)27-28-12-7-15(23)18(16(24)8-12)26-20(30)10(3)4/h5-8H,1,3H2,2,4H3,(H,25,29)(H,26,30). The number of carbonyl (C=O) groups is 2. The van der Waals surface area contributed by atoms with Crippen molar-refractivity contribution >= 4 is 81.0 Å². The van der Waals surface area contributed by atoms with Crippen LogP contribution in [0.3, 0.4) is 0 Å². The first-order valence-electron chi connectivity index (χ1n) is 8.33. The highest BCUT2D eigenvalue weighted by molar-refractivity contribution is 6.41. The van der Waals surface area contributed by atoms with Gasteiger partial charge < -0.3 is 10.6 Å². The Bertz CT molecular complexity index is 965. The van der Waals surface area contributed by atoms with Gasteiger partial charge in [0, 0.05) is 11.1 Å². The van der Waals surface area contributed by atoms with E-state index < -0.39 is 11.8 Å². The molecule has 0 aliphatic heterocycles. The van der Waals surface area contributed by atoms with Gasteiger partial charge in [0.2, 0.25) is 0 Å². The van der Waals surface area contributed by atoms with Crippen molar-refractivity contribution in [3.05, 3.63) is 68.7 Å². The van der Waals surface area contributed by atoms with E-state index in [4.69, 9.17) is 46.4 Å². The van der Waals surface area contributed by atoms with E-state index in [2.05, 4.69) is 34.0 Å². The first-order chi connectivity index (χ1) is 14.0. The van der Waals surface area contributed by atoms with Gasteiger partial charge in [-0.3, -0.25) is 9.59 Å². The predicted molar refractivity (Wildman–Crippen MR) is 124 cm³/mol. The van der Waals surface area contributed by atoms with Gasteiger partial charge in [-0.05, 0) is 38.1 Å². The molecular weight excluding hydrogens is 470 g/mol. The molecule has 2 amide bonds. The topological polar surface area (TPSA) is 82.9 Å². The van der Waals surface area contributed by atoms with E-state index in [1.165, 1.54) is 24.3 Å². The van der Waals surface area contributed by atoms with Crippen molar-refractivity contribution in [2.24, 2.45) is 10.2 Å². The first kappa shape index (κ1) is 23.9. The molecule has 2 N–H and O–H groups in total. The average molecular weight is 486 g/mol. The second-order valence-electron chi connectivity index (χ2n) is 6.24. The lowest BCUT2D eigenvalue weighted by molar-refractivity contribution is -0.113. The van der Waals surface area contributed by atoms with Crippen molar-refractivity contribution in [3.63, 3.8) is 0 Å². The molecule has 10 heteroatoms. The van der Waals surface area contributed by atoms with Gasteiger partial charge >= 0.3 is 0 Å². The van der Waals surface area contributed by atoms with Crippen LogP contribution in [0.15, 0.2) is 58.8 Å². The Balaban J connectivity index is 2.27. The van der Waals surface area contributed by atoms with E-state index >= 15 is 0 Å². The molecule has 0 aliphatic rings. The maximum absolute atomic E-state index is 11.8. The summed E-state index contributed by atoms with van der Waals surface area (Å²) >= 11 is 24.8. The Morgan fingerprint density at radius 3 is 1.20 bits per heavy atom. The normalized spacial score (nSPS) is 10.7. The highest BCUT2D eigenvalue weighted by atomic mass is 35.5. The second-order valence-corrected chi connectivity index (χ2v) is 7.87. The number of nitrogens with one attached hydrogen (secondary N) is 2. The number of hydrogen-bond acceptors (Lipinski definition) is 4. The number of azo groups is 1. The van der Waals surface area contributed by atoms with E-state index in [1.54, 1.807) is 13.8 Å². The largest absolute Gasteiger partial charge is 0.320 e. The van der Waals surface area contributed by atoms with E-state index in [-0.39, 0.29) is 31.5 Å². The van der Waals surface area contributed by atoms with Gasteiger partial charge in [0.05, 0.1) is 42.8 Å². The summed E-state index contributed by atoms with van der Waals surface area (Å²) in [6.45, 7) is 10.2. The lowest BCUT2D eigenvalue weighted by Crippen LogP contribution is -2.12. The Labute approximate surface area is 193 Å². The van der Waals surface area contributed by atoms with E-state index in [9.17, 15) is 9.59 Å². The van der Waals surface area contributed by atoms with Crippen LogP contribution in [0.25, 0.3) is 0 Å². The van der Waals surface area contributed by atoms with Gasteiger partial charge in [0.1, 0.15) is 0 Å². The molecule has 0 aliphatic carbocycles. The third kappa shape index (κ3) is 6.06. The summed E-state index contributed by atoms with van der Waals surface area (Å²) in [5, 5.41) is 14.0. The maximum atomic E-state index is 11.8. The number of hydrogen-bond donors (Lipinski definition) is 2. The predicted octanol–water partition coefficient (Wildman–Crippen LogP) is 7.74. The molecule has 0 bridgehead atoms. The molecule has 0 saturated heterocycles. The van der Waals surface area contributed by atoms with Gasteiger partial charge in [-0.1, -0.05) is 59.6 Å². The molecule has 0 radical (unpaired) electrons. The highest BCUT2D eigenvalue weighted by Crippen LogP contribution is 2.38. The molecule has 0 aromatic heterocycles. The van der Waals surface area contributed by atoms with Crippen LogP contribution >= 0.6 is 46.4 Å². The third-order valence-corrected chi connectivity index (χ3v) is 4.78. The highest BCUT2D eigenvalue weighted by Gasteiger charge is 2.14. The van der Waals surface area contributed by atoms with Crippen LogP contribution in [0, 0.1) is 0 Å². The zero-order valence-electron chi connectivity index (χ0n) is 15.9. The van der Waals surface area contributed by atoms with Crippen LogP contribution in [0.2, 0.25) is 20.1 Å². The van der Waals surface area contributed by atoms with E-state index in [0.717, 1.165) is 0 Å². The third-order valence-electron chi connectivity index (χ3n) is 3.59. The minimum absolute atomic E-state index is 0.181. The molecule has 0 saturated carbocycles. The zero-order chi connectivity index (χ0) is 22.6. The van der Waals surface area contributed by atoms with Crippen LogP contribution in [-0.4, -0.2) is 11.8 Å². The number of benzene rings is 2. The average Bonchev–Trinajstić information content (AvgIpc) is 2.65.